The number of barbiturate groups is 1. The van der Waals surface area contributed by atoms with Gasteiger partial charge in [-0.2, -0.15) is 0 Å². The van der Waals surface area contributed by atoms with Crippen LogP contribution in [-0.2, 0) is 19.1 Å². The smallest absolute Gasteiger partial charge is 0.328 e. The van der Waals surface area contributed by atoms with E-state index in [9.17, 15) is 23.6 Å². The van der Waals surface area contributed by atoms with Crippen molar-refractivity contribution in [2.45, 2.75) is 26.1 Å². The van der Waals surface area contributed by atoms with Gasteiger partial charge in [-0.25, -0.2) is 9.18 Å². The first-order valence-electron chi connectivity index (χ1n) is 8.41. The number of hydrogen-bond acceptors (Lipinski definition) is 6. The number of nitrogens with one attached hydrogen (secondary N) is 3. The molecule has 3 rings (SSSR count). The summed E-state index contributed by atoms with van der Waals surface area (Å²) in [5.41, 5.74) is 0.460. The van der Waals surface area contributed by atoms with Crippen LogP contribution in [0.25, 0.3) is 0 Å². The Morgan fingerprint density at radius 2 is 1.74 bits per heavy atom. The summed E-state index contributed by atoms with van der Waals surface area (Å²) in [6, 6.07) is 3.12. The molecule has 0 saturated carbocycles. The Balaban J connectivity index is 1.72. The number of nitrogens with zero attached hydrogens (tertiary/aromatic N) is 1. The maximum absolute atomic E-state index is 14.5. The van der Waals surface area contributed by atoms with E-state index >= 15 is 0 Å². The van der Waals surface area contributed by atoms with E-state index in [1.54, 1.807) is 0 Å². The molecule has 0 bridgehead atoms. The number of benzene rings is 1. The number of carbonyl (C=O) groups is 4. The van der Waals surface area contributed by atoms with Gasteiger partial charge < -0.3 is 15.0 Å². The molecule has 3 N–H and O–H groups in total. The fourth-order valence-corrected chi connectivity index (χ4v) is 3.19. The third kappa shape index (κ3) is 4.05. The zero-order chi connectivity index (χ0) is 19.7. The lowest BCUT2D eigenvalue weighted by molar-refractivity contribution is -0.141. The summed E-state index contributed by atoms with van der Waals surface area (Å²) in [6.07, 6.45) is -0.0860. The molecule has 5 amide bonds. The minimum Gasteiger partial charge on any atom is -0.372 e. The molecule has 9 nitrogen and oxygen atoms in total. The van der Waals surface area contributed by atoms with E-state index in [1.165, 1.54) is 12.1 Å². The van der Waals surface area contributed by atoms with Gasteiger partial charge in [-0.05, 0) is 32.0 Å². The number of anilines is 2. The molecule has 1 aromatic carbocycles. The van der Waals surface area contributed by atoms with Gasteiger partial charge in [-0.3, -0.25) is 25.0 Å². The van der Waals surface area contributed by atoms with Crippen molar-refractivity contribution < 1.29 is 28.3 Å². The quantitative estimate of drug-likeness (QED) is 0.654. The zero-order valence-electron chi connectivity index (χ0n) is 14.7. The molecule has 144 valence electrons. The predicted molar refractivity (Wildman–Crippen MR) is 92.4 cm³/mol. The lowest BCUT2D eigenvalue weighted by Crippen LogP contribution is -2.58. The highest BCUT2D eigenvalue weighted by molar-refractivity contribution is 6.28. The van der Waals surface area contributed by atoms with Crippen molar-refractivity contribution in [3.05, 3.63) is 24.0 Å². The van der Waals surface area contributed by atoms with Crippen LogP contribution in [0.15, 0.2) is 18.2 Å². The largest absolute Gasteiger partial charge is 0.372 e. The standard InChI is InChI=1S/C17H19FN4O5/c1-8-6-22(7-9(2)27-8)12-4-3-10(5-11(12)18)19-14(23)13-15(24)20-17(26)21-16(13)25/h3-5,8-9,13H,6-7H2,1-2H3,(H,19,23)(H2,20,21,24,25,26). The van der Waals surface area contributed by atoms with E-state index in [-0.39, 0.29) is 17.9 Å². The predicted octanol–water partition coefficient (Wildman–Crippen LogP) is 0.360. The van der Waals surface area contributed by atoms with Gasteiger partial charge in [0, 0.05) is 18.8 Å². The molecule has 2 unspecified atom stereocenters. The topological polar surface area (TPSA) is 117 Å². The molecule has 2 atom stereocenters. The first kappa shape index (κ1) is 18.8. The number of urea groups is 1. The van der Waals surface area contributed by atoms with Gasteiger partial charge in [0.05, 0.1) is 17.9 Å². The molecule has 0 aliphatic carbocycles. The van der Waals surface area contributed by atoms with Gasteiger partial charge in [0.1, 0.15) is 5.82 Å². The molecule has 0 radical (unpaired) electrons. The van der Waals surface area contributed by atoms with Crippen molar-refractivity contribution in [2.24, 2.45) is 5.92 Å². The number of amides is 5. The molecule has 2 saturated heterocycles. The Bertz CT molecular complexity index is 785. The molecule has 10 heteroatoms. The minimum absolute atomic E-state index is 0.0430. The molecule has 27 heavy (non-hydrogen) atoms. The second-order valence-corrected chi connectivity index (χ2v) is 6.56. The van der Waals surface area contributed by atoms with Gasteiger partial charge in [0.2, 0.25) is 17.7 Å². The Kier molecular flexibility index (Phi) is 5.08. The number of hydrogen-bond donors (Lipinski definition) is 3. The molecule has 0 spiro atoms. The van der Waals surface area contributed by atoms with Gasteiger partial charge in [-0.15, -0.1) is 0 Å². The van der Waals surface area contributed by atoms with Crippen LogP contribution in [0, 0.1) is 11.7 Å². The first-order valence-corrected chi connectivity index (χ1v) is 8.41. The van der Waals surface area contributed by atoms with Crippen LogP contribution in [-0.4, -0.2) is 49.1 Å². The second kappa shape index (κ2) is 7.31. The minimum atomic E-state index is -1.73. The summed E-state index contributed by atoms with van der Waals surface area (Å²) in [7, 11) is 0. The Labute approximate surface area is 154 Å². The molecule has 2 heterocycles. The summed E-state index contributed by atoms with van der Waals surface area (Å²) < 4.78 is 20.2. The van der Waals surface area contributed by atoms with Gasteiger partial charge in [-0.1, -0.05) is 0 Å². The van der Waals surface area contributed by atoms with Gasteiger partial charge >= 0.3 is 6.03 Å². The summed E-state index contributed by atoms with van der Waals surface area (Å²) in [5.74, 6) is -5.31. The van der Waals surface area contributed by atoms with Crippen molar-refractivity contribution >= 4 is 35.1 Å². The van der Waals surface area contributed by atoms with E-state index in [0.29, 0.717) is 18.8 Å². The molecular formula is C17H19FN4O5. The normalized spacial score (nSPS) is 23.7. The highest BCUT2D eigenvalue weighted by atomic mass is 19.1. The molecule has 2 aliphatic rings. The zero-order valence-corrected chi connectivity index (χ0v) is 14.7. The van der Waals surface area contributed by atoms with Crippen LogP contribution in [0.5, 0.6) is 0 Å². The average Bonchev–Trinajstić information content (AvgIpc) is 2.52. The van der Waals surface area contributed by atoms with Crippen molar-refractivity contribution in [1.29, 1.82) is 0 Å². The molecule has 2 aliphatic heterocycles. The SMILES string of the molecule is CC1CN(c2ccc(NC(=O)C3C(=O)NC(=O)NC3=O)cc2F)CC(C)O1. The maximum atomic E-state index is 14.5. The van der Waals surface area contributed by atoms with Gasteiger partial charge in [0.25, 0.3) is 0 Å². The third-order valence-electron chi connectivity index (χ3n) is 4.24. The number of imide groups is 2. The average molecular weight is 378 g/mol. The third-order valence-corrected chi connectivity index (χ3v) is 4.24. The summed E-state index contributed by atoms with van der Waals surface area (Å²) in [5, 5.41) is 5.99. The lowest BCUT2D eigenvalue weighted by atomic mass is 10.1. The first-order chi connectivity index (χ1) is 12.7. The number of carbonyl (C=O) groups excluding carboxylic acids is 4. The van der Waals surface area contributed by atoms with Crippen molar-refractivity contribution in [1.82, 2.24) is 10.6 Å². The van der Waals surface area contributed by atoms with E-state index in [0.717, 1.165) is 6.07 Å². The molecule has 1 aromatic rings. The van der Waals surface area contributed by atoms with E-state index in [4.69, 9.17) is 4.74 Å². The van der Waals surface area contributed by atoms with Crippen LogP contribution in [0.3, 0.4) is 0 Å². The van der Waals surface area contributed by atoms with E-state index in [1.807, 2.05) is 29.4 Å². The van der Waals surface area contributed by atoms with Crippen LogP contribution in [0.1, 0.15) is 13.8 Å². The Morgan fingerprint density at radius 3 is 2.30 bits per heavy atom. The van der Waals surface area contributed by atoms with Crippen LogP contribution < -0.4 is 20.9 Å². The molecule has 0 aromatic heterocycles. The fourth-order valence-electron chi connectivity index (χ4n) is 3.19. The number of ether oxygens (including phenoxy) is 1. The summed E-state index contributed by atoms with van der Waals surface area (Å²) in [6.45, 7) is 4.87. The summed E-state index contributed by atoms with van der Waals surface area (Å²) >= 11 is 0. The maximum Gasteiger partial charge on any atom is 0.328 e. The Hall–Kier alpha value is -3.01. The number of halogens is 1. The Morgan fingerprint density at radius 1 is 1.15 bits per heavy atom. The fraction of sp³-hybridized carbons (Fsp3) is 0.412. The van der Waals surface area contributed by atoms with Crippen molar-refractivity contribution in [2.75, 3.05) is 23.3 Å². The second-order valence-electron chi connectivity index (χ2n) is 6.56. The molecular weight excluding hydrogens is 359 g/mol. The van der Waals surface area contributed by atoms with Crippen LogP contribution >= 0.6 is 0 Å². The number of rotatable bonds is 3. The highest BCUT2D eigenvalue weighted by Crippen LogP contribution is 2.26. The molecule has 2 fully saturated rings. The monoisotopic (exact) mass is 378 g/mol. The summed E-state index contributed by atoms with van der Waals surface area (Å²) in [4.78, 5) is 48.4. The van der Waals surface area contributed by atoms with Crippen LogP contribution in [0.4, 0.5) is 20.6 Å². The van der Waals surface area contributed by atoms with Crippen molar-refractivity contribution in [3.8, 4) is 0 Å². The van der Waals surface area contributed by atoms with E-state index in [2.05, 4.69) is 5.32 Å². The van der Waals surface area contributed by atoms with Crippen molar-refractivity contribution in [3.63, 3.8) is 0 Å². The van der Waals surface area contributed by atoms with Crippen LogP contribution in [0.2, 0.25) is 0 Å². The van der Waals surface area contributed by atoms with E-state index < -0.39 is 35.5 Å². The number of morpholine rings is 1. The highest BCUT2D eigenvalue weighted by Gasteiger charge is 2.40. The lowest BCUT2D eigenvalue weighted by Gasteiger charge is -2.37. The van der Waals surface area contributed by atoms with Gasteiger partial charge in [0.15, 0.2) is 5.92 Å².